The van der Waals surface area contributed by atoms with Gasteiger partial charge in [-0.15, -0.1) is 0 Å². The van der Waals surface area contributed by atoms with Crippen LogP contribution in [-0.2, 0) is 16.1 Å². The Kier molecular flexibility index (Phi) is 4.39. The van der Waals surface area contributed by atoms with Crippen molar-refractivity contribution in [3.63, 3.8) is 0 Å². The lowest BCUT2D eigenvalue weighted by Gasteiger charge is -2.34. The van der Waals surface area contributed by atoms with Crippen LogP contribution >= 0.6 is 0 Å². The highest BCUT2D eigenvalue weighted by molar-refractivity contribution is 5.84. The first-order valence-corrected chi connectivity index (χ1v) is 6.86. The quantitative estimate of drug-likeness (QED) is 0.836. The predicted octanol–water partition coefficient (Wildman–Crippen LogP) is 1.01. The van der Waals surface area contributed by atoms with E-state index in [-0.39, 0.29) is 12.0 Å². The molecule has 1 aliphatic rings. The first-order valence-electron chi connectivity index (χ1n) is 6.86. The van der Waals surface area contributed by atoms with Crippen LogP contribution in [0.1, 0.15) is 50.4 Å². The minimum Gasteiger partial charge on any atom is -0.374 e. The molecule has 0 bridgehead atoms. The van der Waals surface area contributed by atoms with Gasteiger partial charge in [-0.3, -0.25) is 9.69 Å². The van der Waals surface area contributed by atoms with E-state index in [1.54, 1.807) is 7.11 Å². The van der Waals surface area contributed by atoms with Crippen LogP contribution in [0.25, 0.3) is 0 Å². The number of nitrogens with zero attached hydrogens (tertiary/aromatic N) is 3. The van der Waals surface area contributed by atoms with Crippen molar-refractivity contribution in [2.24, 2.45) is 5.73 Å². The minimum atomic E-state index is -0.582. The molecule has 7 nitrogen and oxygen atoms in total. The molecule has 20 heavy (non-hydrogen) atoms. The molecule has 0 aromatic carbocycles. The summed E-state index contributed by atoms with van der Waals surface area (Å²) in [6.45, 7) is 2.26. The highest BCUT2D eigenvalue weighted by atomic mass is 16.5. The van der Waals surface area contributed by atoms with Gasteiger partial charge in [0.1, 0.15) is 11.6 Å². The molecular formula is C13H22N4O3. The van der Waals surface area contributed by atoms with Gasteiger partial charge in [-0.2, -0.15) is 4.98 Å². The first-order chi connectivity index (χ1) is 9.49. The summed E-state index contributed by atoms with van der Waals surface area (Å²) >= 11 is 0. The normalized spacial score (nSPS) is 19.4. The minimum absolute atomic E-state index is 0.214. The second-order valence-corrected chi connectivity index (χ2v) is 5.38. The van der Waals surface area contributed by atoms with E-state index in [9.17, 15) is 4.79 Å². The SMILES string of the molecule is CO[C@@H](C)c1noc(CN(C)C2(C(N)=O)CCCC2)n1. The lowest BCUT2D eigenvalue weighted by molar-refractivity contribution is -0.129. The topological polar surface area (TPSA) is 94.5 Å². The van der Waals surface area contributed by atoms with Crippen LogP contribution in [-0.4, -0.2) is 40.6 Å². The average molecular weight is 282 g/mol. The number of nitrogens with two attached hydrogens (primary N) is 1. The number of rotatable bonds is 6. The number of methoxy groups -OCH3 is 1. The fourth-order valence-corrected chi connectivity index (χ4v) is 2.73. The Morgan fingerprint density at radius 3 is 2.75 bits per heavy atom. The van der Waals surface area contributed by atoms with E-state index >= 15 is 0 Å². The number of aromatic nitrogens is 2. The van der Waals surface area contributed by atoms with E-state index in [1.165, 1.54) is 0 Å². The van der Waals surface area contributed by atoms with Crippen LogP contribution in [0.5, 0.6) is 0 Å². The van der Waals surface area contributed by atoms with Gasteiger partial charge in [-0.1, -0.05) is 18.0 Å². The Bertz CT molecular complexity index is 468. The van der Waals surface area contributed by atoms with Crippen LogP contribution in [0.15, 0.2) is 4.52 Å². The van der Waals surface area contributed by atoms with E-state index in [4.69, 9.17) is 15.0 Å². The molecule has 2 rings (SSSR count). The summed E-state index contributed by atoms with van der Waals surface area (Å²) < 4.78 is 10.3. The smallest absolute Gasteiger partial charge is 0.240 e. The fraction of sp³-hybridized carbons (Fsp3) is 0.769. The maximum atomic E-state index is 11.8. The van der Waals surface area contributed by atoms with E-state index in [1.807, 2.05) is 18.9 Å². The number of amides is 1. The fourth-order valence-electron chi connectivity index (χ4n) is 2.73. The van der Waals surface area contributed by atoms with Crippen molar-refractivity contribution in [3.05, 3.63) is 11.7 Å². The zero-order valence-electron chi connectivity index (χ0n) is 12.3. The van der Waals surface area contributed by atoms with Crippen molar-refractivity contribution in [1.82, 2.24) is 15.0 Å². The molecule has 1 aromatic heterocycles. The Morgan fingerprint density at radius 2 is 2.20 bits per heavy atom. The summed E-state index contributed by atoms with van der Waals surface area (Å²) in [7, 11) is 3.47. The number of hydrogen-bond acceptors (Lipinski definition) is 6. The van der Waals surface area contributed by atoms with Gasteiger partial charge in [0.15, 0.2) is 5.82 Å². The lowest BCUT2D eigenvalue weighted by atomic mass is 9.95. The van der Waals surface area contributed by atoms with Crippen molar-refractivity contribution < 1.29 is 14.1 Å². The molecule has 1 saturated carbocycles. The van der Waals surface area contributed by atoms with Crippen molar-refractivity contribution in [2.75, 3.05) is 14.2 Å². The Hall–Kier alpha value is -1.47. The van der Waals surface area contributed by atoms with Gasteiger partial charge in [0, 0.05) is 7.11 Å². The molecule has 7 heteroatoms. The Morgan fingerprint density at radius 1 is 1.55 bits per heavy atom. The van der Waals surface area contributed by atoms with Gasteiger partial charge < -0.3 is 15.0 Å². The number of hydrogen-bond donors (Lipinski definition) is 1. The summed E-state index contributed by atoms with van der Waals surface area (Å²) in [5.74, 6) is 0.705. The van der Waals surface area contributed by atoms with Gasteiger partial charge in [-0.05, 0) is 26.8 Å². The van der Waals surface area contributed by atoms with Crippen molar-refractivity contribution in [1.29, 1.82) is 0 Å². The summed E-state index contributed by atoms with van der Waals surface area (Å²) in [6, 6.07) is 0. The molecule has 2 N–H and O–H groups in total. The standard InChI is InChI=1S/C13H22N4O3/c1-9(19-3)11-15-10(20-16-11)8-17(2)13(12(14)18)6-4-5-7-13/h9H,4-8H2,1-3H3,(H2,14,18)/t9-/m0/s1. The average Bonchev–Trinajstić information content (AvgIpc) is 3.07. The van der Waals surface area contributed by atoms with E-state index in [2.05, 4.69) is 10.1 Å². The summed E-state index contributed by atoms with van der Waals surface area (Å²) in [4.78, 5) is 18.0. The maximum absolute atomic E-state index is 11.8. The third-order valence-electron chi connectivity index (χ3n) is 4.19. The molecule has 1 aromatic rings. The highest BCUT2D eigenvalue weighted by Gasteiger charge is 2.43. The van der Waals surface area contributed by atoms with Crippen LogP contribution in [0.4, 0.5) is 0 Å². The van der Waals surface area contributed by atoms with Gasteiger partial charge in [0.2, 0.25) is 11.8 Å². The number of primary amides is 1. The number of ether oxygens (including phenoxy) is 1. The molecule has 1 atom stereocenters. The second kappa shape index (κ2) is 5.88. The molecular weight excluding hydrogens is 260 g/mol. The number of carbonyl (C=O) groups excluding carboxylic acids is 1. The molecule has 1 fully saturated rings. The predicted molar refractivity (Wildman–Crippen MR) is 71.6 cm³/mol. The monoisotopic (exact) mass is 282 g/mol. The largest absolute Gasteiger partial charge is 0.374 e. The molecule has 1 aliphatic carbocycles. The van der Waals surface area contributed by atoms with Crippen LogP contribution in [0.2, 0.25) is 0 Å². The van der Waals surface area contributed by atoms with Gasteiger partial charge >= 0.3 is 0 Å². The Balaban J connectivity index is 2.08. The zero-order valence-corrected chi connectivity index (χ0v) is 12.3. The van der Waals surface area contributed by atoms with Crippen LogP contribution in [0.3, 0.4) is 0 Å². The Labute approximate surface area is 118 Å². The van der Waals surface area contributed by atoms with Gasteiger partial charge in [-0.25, -0.2) is 0 Å². The number of likely N-dealkylation sites (N-methyl/N-ethyl adjacent to an activating group) is 1. The second-order valence-electron chi connectivity index (χ2n) is 5.38. The van der Waals surface area contributed by atoms with E-state index < -0.39 is 5.54 Å². The molecule has 0 unspecified atom stereocenters. The maximum Gasteiger partial charge on any atom is 0.240 e. The molecule has 0 spiro atoms. The van der Waals surface area contributed by atoms with Crippen molar-refractivity contribution >= 4 is 5.91 Å². The molecule has 1 heterocycles. The highest BCUT2D eigenvalue weighted by Crippen LogP contribution is 2.35. The zero-order chi connectivity index (χ0) is 14.8. The third-order valence-corrected chi connectivity index (χ3v) is 4.19. The molecule has 0 aliphatic heterocycles. The van der Waals surface area contributed by atoms with Crippen molar-refractivity contribution in [2.45, 2.75) is 50.8 Å². The van der Waals surface area contributed by atoms with Crippen LogP contribution in [0, 0.1) is 0 Å². The van der Waals surface area contributed by atoms with E-state index in [0.29, 0.717) is 18.3 Å². The third kappa shape index (κ3) is 2.69. The molecule has 112 valence electrons. The van der Waals surface area contributed by atoms with Crippen molar-refractivity contribution in [3.8, 4) is 0 Å². The van der Waals surface area contributed by atoms with Gasteiger partial charge in [0.05, 0.1) is 6.54 Å². The van der Waals surface area contributed by atoms with E-state index in [0.717, 1.165) is 25.7 Å². The van der Waals surface area contributed by atoms with Crippen LogP contribution < -0.4 is 5.73 Å². The number of carbonyl (C=O) groups is 1. The summed E-state index contributed by atoms with van der Waals surface area (Å²) in [5, 5.41) is 3.88. The summed E-state index contributed by atoms with van der Waals surface area (Å²) in [6.07, 6.45) is 3.39. The molecule has 1 amide bonds. The first kappa shape index (κ1) is 14.9. The summed E-state index contributed by atoms with van der Waals surface area (Å²) in [5.41, 5.74) is 5.01. The molecule has 0 saturated heterocycles. The lowest BCUT2D eigenvalue weighted by Crippen LogP contribution is -2.53. The van der Waals surface area contributed by atoms with Gasteiger partial charge in [0.25, 0.3) is 0 Å². The molecule has 0 radical (unpaired) electrons.